The van der Waals surface area contributed by atoms with Crippen molar-refractivity contribution in [3.8, 4) is 22.6 Å². The highest BCUT2D eigenvalue weighted by molar-refractivity contribution is 7.99. The van der Waals surface area contributed by atoms with Gasteiger partial charge in [0.15, 0.2) is 5.76 Å². The second kappa shape index (κ2) is 9.05. The van der Waals surface area contributed by atoms with Gasteiger partial charge in [-0.3, -0.25) is 4.79 Å². The number of furan rings is 1. The van der Waals surface area contributed by atoms with Crippen molar-refractivity contribution in [2.45, 2.75) is 18.7 Å². The van der Waals surface area contributed by atoms with Crippen molar-refractivity contribution in [2.75, 3.05) is 12.8 Å². The zero-order chi connectivity index (χ0) is 20.9. The van der Waals surface area contributed by atoms with Crippen molar-refractivity contribution in [2.24, 2.45) is 0 Å². The number of hydrogen-bond donors (Lipinski definition) is 0. The van der Waals surface area contributed by atoms with Crippen molar-refractivity contribution < 1.29 is 13.6 Å². The van der Waals surface area contributed by atoms with E-state index in [1.54, 1.807) is 11.9 Å². The van der Waals surface area contributed by atoms with Gasteiger partial charge >= 0.3 is 0 Å². The summed E-state index contributed by atoms with van der Waals surface area (Å²) < 4.78 is 11.6. The number of carbonyl (C=O) groups excluding carboxylic acids is 1. The van der Waals surface area contributed by atoms with E-state index >= 15 is 0 Å². The van der Waals surface area contributed by atoms with Gasteiger partial charge in [-0.15, -0.1) is 0 Å². The largest absolute Gasteiger partial charge is 0.464 e. The first-order valence-corrected chi connectivity index (χ1v) is 10.6. The third kappa shape index (κ3) is 4.66. The van der Waals surface area contributed by atoms with Crippen LogP contribution in [0.4, 0.5) is 0 Å². The Morgan fingerprint density at radius 2 is 1.60 bits per heavy atom. The van der Waals surface area contributed by atoms with Crippen LogP contribution < -0.4 is 0 Å². The van der Waals surface area contributed by atoms with Gasteiger partial charge in [0.2, 0.25) is 5.91 Å². The maximum absolute atomic E-state index is 12.6. The smallest absolute Gasteiger partial charge is 0.257 e. The van der Waals surface area contributed by atoms with E-state index in [1.165, 1.54) is 11.8 Å². The minimum absolute atomic E-state index is 0.0187. The monoisotopic (exact) mass is 418 g/mol. The summed E-state index contributed by atoms with van der Waals surface area (Å²) in [5.41, 5.74) is 2.70. The number of benzene rings is 2. The van der Waals surface area contributed by atoms with Crippen LogP contribution in [0.3, 0.4) is 0 Å². The molecule has 4 aromatic rings. The molecule has 2 aromatic heterocycles. The molecule has 0 aliphatic rings. The number of aryl methyl sites for hydroxylation is 1. The molecule has 1 amide bonds. The highest BCUT2D eigenvalue weighted by Crippen LogP contribution is 2.35. The normalized spacial score (nSPS) is 10.9. The number of nitrogens with zero attached hydrogens (tertiary/aromatic N) is 2. The number of aromatic nitrogens is 1. The van der Waals surface area contributed by atoms with Crippen molar-refractivity contribution in [1.29, 1.82) is 0 Å². The number of rotatable bonds is 7. The van der Waals surface area contributed by atoms with E-state index < -0.39 is 0 Å². The third-order valence-corrected chi connectivity index (χ3v) is 5.44. The summed E-state index contributed by atoms with van der Waals surface area (Å²) in [4.78, 5) is 18.9. The maximum atomic E-state index is 12.6. The lowest BCUT2D eigenvalue weighted by atomic mass is 10.1. The predicted molar refractivity (Wildman–Crippen MR) is 118 cm³/mol. The first-order valence-electron chi connectivity index (χ1n) is 9.64. The summed E-state index contributed by atoms with van der Waals surface area (Å²) >= 11 is 1.30. The number of carbonyl (C=O) groups is 1. The molecule has 0 saturated carbocycles. The number of hydrogen-bond acceptors (Lipinski definition) is 5. The van der Waals surface area contributed by atoms with E-state index in [1.807, 2.05) is 79.7 Å². The lowest BCUT2D eigenvalue weighted by molar-refractivity contribution is -0.127. The van der Waals surface area contributed by atoms with Crippen molar-refractivity contribution >= 4 is 17.7 Å². The molecule has 0 radical (unpaired) electrons. The van der Waals surface area contributed by atoms with Crippen LogP contribution >= 0.6 is 11.8 Å². The molecular weight excluding hydrogens is 396 g/mol. The van der Waals surface area contributed by atoms with E-state index in [0.29, 0.717) is 17.5 Å². The molecule has 5 nitrogen and oxygen atoms in total. The first kappa shape index (κ1) is 20.0. The van der Waals surface area contributed by atoms with Crippen LogP contribution in [0.5, 0.6) is 0 Å². The van der Waals surface area contributed by atoms with Gasteiger partial charge in [0.05, 0.1) is 12.3 Å². The third-order valence-electron chi connectivity index (χ3n) is 4.62. The highest BCUT2D eigenvalue weighted by Gasteiger charge is 2.19. The molecule has 0 unspecified atom stereocenters. The average Bonchev–Trinajstić information content (AvgIpc) is 3.39. The van der Waals surface area contributed by atoms with E-state index in [2.05, 4.69) is 4.98 Å². The zero-order valence-corrected chi connectivity index (χ0v) is 17.7. The molecule has 30 heavy (non-hydrogen) atoms. The van der Waals surface area contributed by atoms with Crippen LogP contribution in [0.1, 0.15) is 11.5 Å². The maximum Gasteiger partial charge on any atom is 0.257 e. The molecule has 0 fully saturated rings. The van der Waals surface area contributed by atoms with Crippen molar-refractivity contribution in [3.05, 3.63) is 84.3 Å². The van der Waals surface area contributed by atoms with Gasteiger partial charge in [-0.2, -0.15) is 0 Å². The summed E-state index contributed by atoms with van der Waals surface area (Å²) in [6.07, 6.45) is 0. The summed E-state index contributed by atoms with van der Waals surface area (Å²) in [6.45, 7) is 2.32. The fourth-order valence-corrected chi connectivity index (χ4v) is 3.83. The molecule has 6 heteroatoms. The fourth-order valence-electron chi connectivity index (χ4n) is 3.06. The molecule has 0 aliphatic heterocycles. The van der Waals surface area contributed by atoms with E-state index in [9.17, 15) is 4.79 Å². The van der Waals surface area contributed by atoms with Crippen LogP contribution in [0.2, 0.25) is 0 Å². The lowest BCUT2D eigenvalue weighted by Gasteiger charge is -2.14. The van der Waals surface area contributed by atoms with Crippen molar-refractivity contribution in [3.63, 3.8) is 0 Å². The van der Waals surface area contributed by atoms with E-state index in [0.717, 1.165) is 28.3 Å². The summed E-state index contributed by atoms with van der Waals surface area (Å²) in [7, 11) is 1.76. The van der Waals surface area contributed by atoms with E-state index in [4.69, 9.17) is 8.83 Å². The Labute approximate surface area is 179 Å². The molecule has 152 valence electrons. The SMILES string of the molecule is Cc1ccc(CN(C)C(=O)CSc2nc(-c3ccccc3)c(-c3ccccc3)o2)o1. The molecule has 2 heterocycles. The van der Waals surface area contributed by atoms with Gasteiger partial charge in [-0.1, -0.05) is 72.4 Å². The minimum atomic E-state index is -0.0187. The molecular formula is C24H22N2O3S. The van der Waals surface area contributed by atoms with Crippen LogP contribution in [0.25, 0.3) is 22.6 Å². The zero-order valence-electron chi connectivity index (χ0n) is 16.9. The molecule has 0 atom stereocenters. The van der Waals surface area contributed by atoms with Gasteiger partial charge in [0.25, 0.3) is 5.22 Å². The second-order valence-corrected chi connectivity index (χ2v) is 7.87. The molecule has 0 N–H and O–H groups in total. The Balaban J connectivity index is 1.50. The van der Waals surface area contributed by atoms with Crippen LogP contribution in [0.15, 0.2) is 86.9 Å². The Bertz CT molecular complexity index is 1060. The van der Waals surface area contributed by atoms with Gasteiger partial charge in [0.1, 0.15) is 17.2 Å². The average molecular weight is 419 g/mol. The number of thioether (sulfide) groups is 1. The van der Waals surface area contributed by atoms with Crippen LogP contribution in [0, 0.1) is 6.92 Å². The predicted octanol–water partition coefficient (Wildman–Crippen LogP) is 5.66. The Kier molecular flexibility index (Phi) is 6.05. The van der Waals surface area contributed by atoms with Gasteiger partial charge < -0.3 is 13.7 Å². The molecule has 0 saturated heterocycles. The van der Waals surface area contributed by atoms with E-state index in [-0.39, 0.29) is 11.7 Å². The number of oxazole rings is 1. The van der Waals surface area contributed by atoms with Gasteiger partial charge in [-0.25, -0.2) is 4.98 Å². The van der Waals surface area contributed by atoms with Gasteiger partial charge in [-0.05, 0) is 19.1 Å². The topological polar surface area (TPSA) is 59.5 Å². The molecule has 0 aliphatic carbocycles. The summed E-state index contributed by atoms with van der Waals surface area (Å²) in [5.74, 6) is 2.52. The fraction of sp³-hybridized carbons (Fsp3) is 0.167. The summed E-state index contributed by atoms with van der Waals surface area (Å²) in [6, 6.07) is 23.6. The first-order chi connectivity index (χ1) is 14.6. The summed E-state index contributed by atoms with van der Waals surface area (Å²) in [5, 5.41) is 0.475. The quantitative estimate of drug-likeness (QED) is 0.362. The minimum Gasteiger partial charge on any atom is -0.464 e. The van der Waals surface area contributed by atoms with Gasteiger partial charge in [0, 0.05) is 18.2 Å². The Morgan fingerprint density at radius 3 is 2.23 bits per heavy atom. The highest BCUT2D eigenvalue weighted by atomic mass is 32.2. The second-order valence-electron chi connectivity index (χ2n) is 6.94. The molecule has 4 rings (SSSR count). The Hall–Kier alpha value is -3.25. The molecule has 0 bridgehead atoms. The van der Waals surface area contributed by atoms with Crippen molar-refractivity contribution in [1.82, 2.24) is 9.88 Å². The van der Waals surface area contributed by atoms with Crippen LogP contribution in [-0.2, 0) is 11.3 Å². The number of amides is 1. The Morgan fingerprint density at radius 1 is 0.933 bits per heavy atom. The lowest BCUT2D eigenvalue weighted by Crippen LogP contribution is -2.27. The van der Waals surface area contributed by atoms with Crippen LogP contribution in [-0.4, -0.2) is 28.6 Å². The molecule has 0 spiro atoms. The molecule has 2 aromatic carbocycles. The standard InChI is InChI=1S/C24H22N2O3S/c1-17-13-14-20(28-17)15-26(2)21(27)16-30-24-25-22(18-9-5-3-6-10-18)23(29-24)19-11-7-4-8-12-19/h3-14H,15-16H2,1-2H3.